The molecule has 2 heterocycles. The molecular formula is C22H34N4O2. The van der Waals surface area contributed by atoms with E-state index in [2.05, 4.69) is 28.1 Å². The number of piperazine rings is 1. The molecule has 0 aromatic heterocycles. The summed E-state index contributed by atoms with van der Waals surface area (Å²) in [6.45, 7) is 11.3. The number of carbonyl (C=O) groups excluding carboxylic acids is 2. The van der Waals surface area contributed by atoms with Crippen LogP contribution in [-0.2, 0) is 16.0 Å². The highest BCUT2D eigenvalue weighted by Crippen LogP contribution is 2.28. The molecule has 0 bridgehead atoms. The van der Waals surface area contributed by atoms with Gasteiger partial charge in [-0.05, 0) is 50.9 Å². The van der Waals surface area contributed by atoms with Gasteiger partial charge in [0.2, 0.25) is 11.8 Å². The number of carbonyl (C=O) groups is 2. The fraction of sp³-hybridized carbons (Fsp3) is 0.636. The largest absolute Gasteiger partial charge is 0.354 e. The van der Waals surface area contributed by atoms with Crippen molar-refractivity contribution in [2.75, 3.05) is 50.7 Å². The van der Waals surface area contributed by atoms with Gasteiger partial charge in [0.1, 0.15) is 6.04 Å². The van der Waals surface area contributed by atoms with Gasteiger partial charge in [0.25, 0.3) is 0 Å². The lowest BCUT2D eigenvalue weighted by molar-refractivity contribution is -0.126. The lowest BCUT2D eigenvalue weighted by Gasteiger charge is -2.34. The van der Waals surface area contributed by atoms with Crippen LogP contribution >= 0.6 is 0 Å². The summed E-state index contributed by atoms with van der Waals surface area (Å²) < 4.78 is 0. The summed E-state index contributed by atoms with van der Waals surface area (Å²) >= 11 is 0. The molecule has 1 atom stereocenters. The number of para-hydroxylation sites is 1. The van der Waals surface area contributed by atoms with E-state index in [4.69, 9.17) is 0 Å². The van der Waals surface area contributed by atoms with Crippen LogP contribution in [0.3, 0.4) is 0 Å². The van der Waals surface area contributed by atoms with Gasteiger partial charge in [-0.3, -0.25) is 14.5 Å². The van der Waals surface area contributed by atoms with Gasteiger partial charge in [-0.1, -0.05) is 25.1 Å². The van der Waals surface area contributed by atoms with E-state index in [0.717, 1.165) is 69.8 Å². The van der Waals surface area contributed by atoms with Crippen LogP contribution in [0.25, 0.3) is 0 Å². The quantitative estimate of drug-likeness (QED) is 0.727. The van der Waals surface area contributed by atoms with E-state index in [-0.39, 0.29) is 11.8 Å². The number of nitrogens with one attached hydrogen (secondary N) is 1. The normalized spacial score (nSPS) is 19.8. The summed E-state index contributed by atoms with van der Waals surface area (Å²) in [6, 6.07) is 7.47. The van der Waals surface area contributed by atoms with Crippen molar-refractivity contribution in [1.29, 1.82) is 0 Å². The predicted octanol–water partition coefficient (Wildman–Crippen LogP) is 1.89. The predicted molar refractivity (Wildman–Crippen MR) is 113 cm³/mol. The molecule has 2 amide bonds. The van der Waals surface area contributed by atoms with Crippen LogP contribution < -0.4 is 10.2 Å². The van der Waals surface area contributed by atoms with Crippen molar-refractivity contribution >= 4 is 17.5 Å². The molecule has 6 heteroatoms. The molecule has 1 fully saturated rings. The summed E-state index contributed by atoms with van der Waals surface area (Å²) in [6.07, 6.45) is 3.16. The van der Waals surface area contributed by atoms with Gasteiger partial charge >= 0.3 is 0 Å². The van der Waals surface area contributed by atoms with Crippen LogP contribution in [0.2, 0.25) is 0 Å². The van der Waals surface area contributed by atoms with E-state index in [1.54, 1.807) is 4.90 Å². The van der Waals surface area contributed by atoms with Crippen molar-refractivity contribution in [3.05, 3.63) is 29.8 Å². The maximum Gasteiger partial charge on any atom is 0.242 e. The Morgan fingerprint density at radius 3 is 2.57 bits per heavy atom. The second-order valence-electron chi connectivity index (χ2n) is 7.84. The van der Waals surface area contributed by atoms with Gasteiger partial charge in [-0.25, -0.2) is 0 Å². The first-order chi connectivity index (χ1) is 13.6. The molecule has 0 saturated carbocycles. The topological polar surface area (TPSA) is 55.9 Å². The highest BCUT2D eigenvalue weighted by Gasteiger charge is 2.30. The first kappa shape index (κ1) is 20.8. The van der Waals surface area contributed by atoms with Gasteiger partial charge in [-0.2, -0.15) is 0 Å². The number of fused-ring (bicyclic) bond motifs is 1. The Morgan fingerprint density at radius 2 is 1.82 bits per heavy atom. The van der Waals surface area contributed by atoms with E-state index < -0.39 is 6.04 Å². The van der Waals surface area contributed by atoms with Crippen LogP contribution in [-0.4, -0.2) is 73.5 Å². The van der Waals surface area contributed by atoms with Gasteiger partial charge in [-0.15, -0.1) is 0 Å². The zero-order valence-electron chi connectivity index (χ0n) is 17.3. The highest BCUT2D eigenvalue weighted by molar-refractivity contribution is 6.01. The monoisotopic (exact) mass is 386 g/mol. The molecule has 0 aliphatic carbocycles. The fourth-order valence-corrected chi connectivity index (χ4v) is 4.18. The molecule has 0 radical (unpaired) electrons. The Kier molecular flexibility index (Phi) is 7.45. The van der Waals surface area contributed by atoms with E-state index in [1.165, 1.54) is 0 Å². The molecule has 0 spiro atoms. The Morgan fingerprint density at radius 1 is 1.11 bits per heavy atom. The van der Waals surface area contributed by atoms with Gasteiger partial charge in [0, 0.05) is 44.8 Å². The first-order valence-electron chi connectivity index (χ1n) is 10.7. The molecular weight excluding hydrogens is 352 g/mol. The standard InChI is InChI=1S/C22H34N4O2/c1-3-24-14-16-25(17-15-24)13-7-12-23-22(28)18(2)26-20-10-5-4-8-19(20)9-6-11-21(26)27/h4-5,8,10,18H,3,6-7,9,11-17H2,1-2H3,(H,23,28)/t18-/m0/s1. The molecule has 1 saturated heterocycles. The Labute approximate surface area is 168 Å². The van der Waals surface area contributed by atoms with Crippen molar-refractivity contribution in [2.45, 2.75) is 45.6 Å². The zero-order valence-corrected chi connectivity index (χ0v) is 17.3. The third-order valence-electron chi connectivity index (χ3n) is 5.99. The van der Waals surface area contributed by atoms with Gasteiger partial charge in [0.05, 0.1) is 0 Å². The molecule has 0 unspecified atom stereocenters. The fourth-order valence-electron chi connectivity index (χ4n) is 4.18. The summed E-state index contributed by atoms with van der Waals surface area (Å²) in [5.74, 6) is -0.0257. The molecule has 2 aliphatic rings. The van der Waals surface area contributed by atoms with Crippen LogP contribution in [0.1, 0.15) is 38.7 Å². The molecule has 1 aromatic rings. The second-order valence-corrected chi connectivity index (χ2v) is 7.84. The number of benzene rings is 1. The van der Waals surface area contributed by atoms with E-state index >= 15 is 0 Å². The molecule has 3 rings (SSSR count). The molecule has 1 aromatic carbocycles. The van der Waals surface area contributed by atoms with E-state index in [0.29, 0.717) is 13.0 Å². The Hall–Kier alpha value is -1.92. The number of anilines is 1. The average Bonchev–Trinajstić information content (AvgIpc) is 2.89. The number of likely N-dealkylation sites (N-methyl/N-ethyl adjacent to an activating group) is 1. The Bertz CT molecular complexity index is 670. The van der Waals surface area contributed by atoms with Crippen LogP contribution in [0.4, 0.5) is 5.69 Å². The van der Waals surface area contributed by atoms with Crippen LogP contribution in [0, 0.1) is 0 Å². The first-order valence-corrected chi connectivity index (χ1v) is 10.7. The molecule has 28 heavy (non-hydrogen) atoms. The molecule has 2 aliphatic heterocycles. The molecule has 6 nitrogen and oxygen atoms in total. The van der Waals surface area contributed by atoms with Crippen molar-refractivity contribution in [3.8, 4) is 0 Å². The number of nitrogens with zero attached hydrogens (tertiary/aromatic N) is 3. The number of hydrogen-bond acceptors (Lipinski definition) is 4. The highest BCUT2D eigenvalue weighted by atomic mass is 16.2. The van der Waals surface area contributed by atoms with Gasteiger partial charge < -0.3 is 15.1 Å². The Balaban J connectivity index is 1.48. The minimum atomic E-state index is -0.486. The maximum atomic E-state index is 12.7. The van der Waals surface area contributed by atoms with E-state index in [1.807, 2.05) is 25.1 Å². The summed E-state index contributed by atoms with van der Waals surface area (Å²) in [5.41, 5.74) is 2.04. The summed E-state index contributed by atoms with van der Waals surface area (Å²) in [4.78, 5) is 32.0. The smallest absolute Gasteiger partial charge is 0.242 e. The third-order valence-corrected chi connectivity index (χ3v) is 5.99. The SMILES string of the molecule is CCN1CCN(CCCNC(=O)[C@H](C)N2C(=O)CCCc3ccccc32)CC1. The second kappa shape index (κ2) is 10.0. The number of rotatable bonds is 7. The minimum absolute atomic E-state index is 0.0430. The minimum Gasteiger partial charge on any atom is -0.354 e. The maximum absolute atomic E-state index is 12.7. The molecule has 154 valence electrons. The molecule has 1 N–H and O–H groups in total. The number of hydrogen-bond donors (Lipinski definition) is 1. The van der Waals surface area contributed by atoms with Crippen molar-refractivity contribution < 1.29 is 9.59 Å². The number of amides is 2. The lowest BCUT2D eigenvalue weighted by atomic mass is 10.1. The van der Waals surface area contributed by atoms with E-state index in [9.17, 15) is 9.59 Å². The van der Waals surface area contributed by atoms with Gasteiger partial charge in [0.15, 0.2) is 0 Å². The zero-order chi connectivity index (χ0) is 19.9. The summed E-state index contributed by atoms with van der Waals surface area (Å²) in [5, 5.41) is 3.04. The number of aryl methyl sites for hydroxylation is 1. The van der Waals surface area contributed by atoms with Crippen LogP contribution in [0.15, 0.2) is 24.3 Å². The van der Waals surface area contributed by atoms with Crippen molar-refractivity contribution in [1.82, 2.24) is 15.1 Å². The van der Waals surface area contributed by atoms with Crippen LogP contribution in [0.5, 0.6) is 0 Å². The lowest BCUT2D eigenvalue weighted by Crippen LogP contribution is -2.49. The van der Waals surface area contributed by atoms with Crippen molar-refractivity contribution in [3.63, 3.8) is 0 Å². The van der Waals surface area contributed by atoms with Crippen molar-refractivity contribution in [2.24, 2.45) is 0 Å². The summed E-state index contributed by atoms with van der Waals surface area (Å²) in [7, 11) is 0. The third kappa shape index (κ3) is 5.11. The average molecular weight is 387 g/mol.